The van der Waals surface area contributed by atoms with Crippen LogP contribution < -0.4 is 10.6 Å². The maximum atomic E-state index is 14.2. The van der Waals surface area contributed by atoms with Crippen LogP contribution in [0.2, 0.25) is 0 Å². The van der Waals surface area contributed by atoms with Gasteiger partial charge in [-0.15, -0.1) is 0 Å². The minimum Gasteiger partial charge on any atom is -0.366 e. The molecule has 1 rings (SSSR count). The van der Waals surface area contributed by atoms with E-state index in [1.54, 1.807) is 23.7 Å². The quantitative estimate of drug-likeness (QED) is 0.836. The molecule has 114 valence electrons. The summed E-state index contributed by atoms with van der Waals surface area (Å²) in [7, 11) is 1.75. The van der Waals surface area contributed by atoms with Crippen molar-refractivity contribution in [1.29, 1.82) is 0 Å². The lowest BCUT2D eigenvalue weighted by atomic mass is 10.1. The van der Waals surface area contributed by atoms with Gasteiger partial charge in [-0.25, -0.2) is 8.78 Å². The van der Waals surface area contributed by atoms with Gasteiger partial charge in [-0.3, -0.25) is 0 Å². The summed E-state index contributed by atoms with van der Waals surface area (Å²) in [4.78, 5) is 1.71. The summed E-state index contributed by atoms with van der Waals surface area (Å²) in [6, 6.07) is 2.79. The predicted octanol–water partition coefficient (Wildman–Crippen LogP) is 3.43. The standard InChI is InChI=1S/C15H24F2N2S/c1-5-12(9-20-4)19(3)15-13(16)7-11(6-10(2)18)8-14(15)17/h7-8,10,12H,5-6,9,18H2,1-4H3. The second-order valence-corrected chi connectivity index (χ2v) is 6.13. The molecular weight excluding hydrogens is 278 g/mol. The maximum Gasteiger partial charge on any atom is 0.149 e. The van der Waals surface area contributed by atoms with E-state index in [0.717, 1.165) is 12.2 Å². The van der Waals surface area contributed by atoms with E-state index in [4.69, 9.17) is 5.73 Å². The molecule has 5 heteroatoms. The van der Waals surface area contributed by atoms with E-state index in [0.29, 0.717) is 12.0 Å². The molecule has 0 bridgehead atoms. The third kappa shape index (κ3) is 4.35. The summed E-state index contributed by atoms with van der Waals surface area (Å²) in [6.45, 7) is 3.85. The van der Waals surface area contributed by atoms with Crippen molar-refractivity contribution in [2.75, 3.05) is 24.0 Å². The van der Waals surface area contributed by atoms with Gasteiger partial charge in [0.1, 0.15) is 17.3 Å². The van der Waals surface area contributed by atoms with Crippen LogP contribution in [0.1, 0.15) is 25.8 Å². The van der Waals surface area contributed by atoms with Crippen LogP contribution in [-0.4, -0.2) is 31.1 Å². The van der Waals surface area contributed by atoms with Crippen molar-refractivity contribution in [3.8, 4) is 0 Å². The Morgan fingerprint density at radius 2 is 1.85 bits per heavy atom. The van der Waals surface area contributed by atoms with Crippen molar-refractivity contribution in [3.63, 3.8) is 0 Å². The fourth-order valence-electron chi connectivity index (χ4n) is 2.32. The number of thioether (sulfide) groups is 1. The lowest BCUT2D eigenvalue weighted by Crippen LogP contribution is -2.34. The number of hydrogen-bond acceptors (Lipinski definition) is 3. The molecule has 1 aromatic rings. The lowest BCUT2D eigenvalue weighted by Gasteiger charge is -2.29. The Kier molecular flexibility index (Phi) is 6.76. The first-order valence-electron chi connectivity index (χ1n) is 6.85. The van der Waals surface area contributed by atoms with Gasteiger partial charge in [0, 0.05) is 24.9 Å². The monoisotopic (exact) mass is 302 g/mol. The minimum absolute atomic E-state index is 0.0549. The normalized spacial score (nSPS) is 14.2. The first-order chi connectivity index (χ1) is 9.40. The summed E-state index contributed by atoms with van der Waals surface area (Å²) >= 11 is 1.68. The summed E-state index contributed by atoms with van der Waals surface area (Å²) in [5, 5.41) is 0. The van der Waals surface area contributed by atoms with Gasteiger partial charge < -0.3 is 10.6 Å². The zero-order valence-electron chi connectivity index (χ0n) is 12.6. The third-order valence-corrected chi connectivity index (χ3v) is 4.08. The smallest absolute Gasteiger partial charge is 0.149 e. The van der Waals surface area contributed by atoms with E-state index in [2.05, 4.69) is 0 Å². The van der Waals surface area contributed by atoms with Gasteiger partial charge in [-0.05, 0) is 43.7 Å². The predicted molar refractivity (Wildman–Crippen MR) is 84.6 cm³/mol. The average molecular weight is 302 g/mol. The zero-order chi connectivity index (χ0) is 15.3. The first-order valence-corrected chi connectivity index (χ1v) is 8.25. The van der Waals surface area contributed by atoms with Crippen molar-refractivity contribution in [2.45, 2.75) is 38.8 Å². The van der Waals surface area contributed by atoms with Crippen LogP contribution in [0.25, 0.3) is 0 Å². The van der Waals surface area contributed by atoms with Gasteiger partial charge in [0.05, 0.1) is 0 Å². The second kappa shape index (κ2) is 7.84. The molecule has 0 aliphatic carbocycles. The third-order valence-electron chi connectivity index (χ3n) is 3.37. The van der Waals surface area contributed by atoms with E-state index >= 15 is 0 Å². The molecule has 0 saturated carbocycles. The number of benzene rings is 1. The van der Waals surface area contributed by atoms with Gasteiger partial charge in [0.25, 0.3) is 0 Å². The number of halogens is 2. The maximum absolute atomic E-state index is 14.2. The van der Waals surface area contributed by atoms with Crippen LogP contribution in [0.15, 0.2) is 12.1 Å². The second-order valence-electron chi connectivity index (χ2n) is 5.22. The summed E-state index contributed by atoms with van der Waals surface area (Å²) in [5.41, 5.74) is 6.33. The molecule has 2 atom stereocenters. The fraction of sp³-hybridized carbons (Fsp3) is 0.600. The number of anilines is 1. The topological polar surface area (TPSA) is 29.3 Å². The Labute approximate surface area is 124 Å². The van der Waals surface area contributed by atoms with E-state index in [1.165, 1.54) is 12.1 Å². The SMILES string of the molecule is CCC(CSC)N(C)c1c(F)cc(CC(C)N)cc1F. The van der Waals surface area contributed by atoms with Crippen molar-refractivity contribution in [2.24, 2.45) is 5.73 Å². The molecule has 20 heavy (non-hydrogen) atoms. The summed E-state index contributed by atoms with van der Waals surface area (Å²) < 4.78 is 28.4. The highest BCUT2D eigenvalue weighted by Gasteiger charge is 2.21. The molecular formula is C15H24F2N2S. The van der Waals surface area contributed by atoms with Crippen molar-refractivity contribution >= 4 is 17.4 Å². The van der Waals surface area contributed by atoms with Crippen LogP contribution in [0.4, 0.5) is 14.5 Å². The van der Waals surface area contributed by atoms with Gasteiger partial charge in [-0.1, -0.05) is 6.92 Å². The molecule has 2 nitrogen and oxygen atoms in total. The van der Waals surface area contributed by atoms with Gasteiger partial charge in [-0.2, -0.15) is 11.8 Å². The Morgan fingerprint density at radius 1 is 1.30 bits per heavy atom. The molecule has 0 aliphatic rings. The zero-order valence-corrected chi connectivity index (χ0v) is 13.4. The van der Waals surface area contributed by atoms with Crippen LogP contribution in [0.3, 0.4) is 0 Å². The molecule has 0 fully saturated rings. The van der Waals surface area contributed by atoms with Crippen LogP contribution in [-0.2, 0) is 6.42 Å². The van der Waals surface area contributed by atoms with E-state index in [-0.39, 0.29) is 17.8 Å². The molecule has 1 aromatic carbocycles. The van der Waals surface area contributed by atoms with Crippen LogP contribution in [0.5, 0.6) is 0 Å². The van der Waals surface area contributed by atoms with E-state index in [1.807, 2.05) is 20.1 Å². The summed E-state index contributed by atoms with van der Waals surface area (Å²) in [5.74, 6) is -0.182. The number of nitrogens with two attached hydrogens (primary N) is 1. The Hall–Kier alpha value is -0.810. The minimum atomic E-state index is -0.511. The highest BCUT2D eigenvalue weighted by molar-refractivity contribution is 7.98. The Balaban J connectivity index is 3.06. The lowest BCUT2D eigenvalue weighted by molar-refractivity contribution is 0.554. The molecule has 0 radical (unpaired) electrons. The van der Waals surface area contributed by atoms with E-state index < -0.39 is 11.6 Å². The van der Waals surface area contributed by atoms with Crippen LogP contribution >= 0.6 is 11.8 Å². The largest absolute Gasteiger partial charge is 0.366 e. The molecule has 0 aromatic heterocycles. The van der Waals surface area contributed by atoms with Crippen molar-refractivity contribution < 1.29 is 8.78 Å². The number of rotatable bonds is 7. The Morgan fingerprint density at radius 3 is 2.25 bits per heavy atom. The highest BCUT2D eigenvalue weighted by Crippen LogP contribution is 2.27. The Bertz CT molecular complexity index is 415. The van der Waals surface area contributed by atoms with Gasteiger partial charge in [0.2, 0.25) is 0 Å². The first kappa shape index (κ1) is 17.2. The van der Waals surface area contributed by atoms with Gasteiger partial charge >= 0.3 is 0 Å². The highest BCUT2D eigenvalue weighted by atomic mass is 32.2. The van der Waals surface area contributed by atoms with E-state index in [9.17, 15) is 8.78 Å². The fourth-order valence-corrected chi connectivity index (χ4v) is 3.17. The molecule has 0 saturated heterocycles. The average Bonchev–Trinajstić information content (AvgIpc) is 2.33. The molecule has 0 spiro atoms. The molecule has 0 aliphatic heterocycles. The number of hydrogen-bond donors (Lipinski definition) is 1. The van der Waals surface area contributed by atoms with Gasteiger partial charge in [0.15, 0.2) is 0 Å². The molecule has 0 heterocycles. The van der Waals surface area contributed by atoms with Crippen molar-refractivity contribution in [3.05, 3.63) is 29.3 Å². The molecule has 0 amide bonds. The van der Waals surface area contributed by atoms with Crippen LogP contribution in [0, 0.1) is 11.6 Å². The van der Waals surface area contributed by atoms with Crippen molar-refractivity contribution in [1.82, 2.24) is 0 Å². The number of nitrogens with zero attached hydrogens (tertiary/aromatic N) is 1. The molecule has 2 unspecified atom stereocenters. The molecule has 2 N–H and O–H groups in total. The summed E-state index contributed by atoms with van der Waals surface area (Å²) in [6.07, 6.45) is 3.31.